The predicted molar refractivity (Wildman–Crippen MR) is 72.9 cm³/mol. The van der Waals surface area contributed by atoms with Gasteiger partial charge >= 0.3 is 0 Å². The second-order valence-electron chi connectivity index (χ2n) is 3.72. The Morgan fingerprint density at radius 3 is 2.67 bits per heavy atom. The molecule has 0 fully saturated rings. The number of rotatable bonds is 4. The van der Waals surface area contributed by atoms with E-state index in [-0.39, 0.29) is 0 Å². The van der Waals surface area contributed by atoms with Gasteiger partial charge in [-0.15, -0.1) is 0 Å². The minimum absolute atomic E-state index is 0.417. The molecule has 94 valence electrons. The van der Waals surface area contributed by atoms with Crippen LogP contribution in [0.3, 0.4) is 0 Å². The Bertz CT molecular complexity index is 546. The zero-order valence-corrected chi connectivity index (χ0v) is 11.1. The monoisotopic (exact) mass is 282 g/mol. The van der Waals surface area contributed by atoms with Gasteiger partial charge in [0.1, 0.15) is 12.4 Å². The standard InChI is InChI=1S/C13H12Cl2N2O/c14-12-2-1-11(6-13(12)15)18-8-9-3-4-17-10(5-9)7-16/h1-6H,7-8,16H2. The molecular weight excluding hydrogens is 271 g/mol. The van der Waals surface area contributed by atoms with E-state index < -0.39 is 0 Å². The highest BCUT2D eigenvalue weighted by atomic mass is 35.5. The maximum absolute atomic E-state index is 5.90. The fraction of sp³-hybridized carbons (Fsp3) is 0.154. The van der Waals surface area contributed by atoms with Crippen LogP contribution in [0.25, 0.3) is 0 Å². The van der Waals surface area contributed by atoms with Gasteiger partial charge in [-0.3, -0.25) is 4.98 Å². The molecule has 0 saturated carbocycles. The van der Waals surface area contributed by atoms with E-state index in [0.717, 1.165) is 11.3 Å². The molecule has 0 aliphatic carbocycles. The van der Waals surface area contributed by atoms with Crippen LogP contribution in [0.2, 0.25) is 10.0 Å². The third-order valence-corrected chi connectivity index (χ3v) is 3.13. The second-order valence-corrected chi connectivity index (χ2v) is 4.54. The number of halogens is 2. The van der Waals surface area contributed by atoms with Crippen LogP contribution >= 0.6 is 23.2 Å². The van der Waals surface area contributed by atoms with Gasteiger partial charge in [0, 0.05) is 18.8 Å². The van der Waals surface area contributed by atoms with Gasteiger partial charge in [0.05, 0.1) is 15.7 Å². The summed E-state index contributed by atoms with van der Waals surface area (Å²) >= 11 is 11.7. The number of hydrogen-bond acceptors (Lipinski definition) is 3. The summed E-state index contributed by atoms with van der Waals surface area (Å²) in [5.41, 5.74) is 7.38. The molecule has 2 aromatic rings. The lowest BCUT2D eigenvalue weighted by Gasteiger charge is -2.08. The molecule has 3 nitrogen and oxygen atoms in total. The maximum Gasteiger partial charge on any atom is 0.121 e. The third kappa shape index (κ3) is 3.35. The Hall–Kier alpha value is -1.29. The molecule has 0 aliphatic heterocycles. The second kappa shape index (κ2) is 6.05. The summed E-state index contributed by atoms with van der Waals surface area (Å²) in [6, 6.07) is 8.97. The molecule has 5 heteroatoms. The van der Waals surface area contributed by atoms with Crippen molar-refractivity contribution < 1.29 is 4.74 Å². The van der Waals surface area contributed by atoms with E-state index in [9.17, 15) is 0 Å². The lowest BCUT2D eigenvalue weighted by Crippen LogP contribution is -2.02. The van der Waals surface area contributed by atoms with Gasteiger partial charge in [0.15, 0.2) is 0 Å². The lowest BCUT2D eigenvalue weighted by molar-refractivity contribution is 0.306. The minimum atomic E-state index is 0.417. The molecule has 1 aromatic carbocycles. The Kier molecular flexibility index (Phi) is 4.42. The molecule has 0 saturated heterocycles. The maximum atomic E-state index is 5.90. The topological polar surface area (TPSA) is 48.1 Å². The molecule has 2 rings (SSSR count). The van der Waals surface area contributed by atoms with Gasteiger partial charge in [-0.05, 0) is 29.8 Å². The first-order valence-electron chi connectivity index (χ1n) is 5.41. The summed E-state index contributed by atoms with van der Waals surface area (Å²) in [7, 11) is 0. The number of nitrogens with two attached hydrogens (primary N) is 1. The van der Waals surface area contributed by atoms with E-state index in [1.807, 2.05) is 12.1 Å². The van der Waals surface area contributed by atoms with E-state index in [4.69, 9.17) is 33.7 Å². The number of ether oxygens (including phenoxy) is 1. The molecule has 1 heterocycles. The Labute approximate surface area is 115 Å². The van der Waals surface area contributed by atoms with E-state index >= 15 is 0 Å². The smallest absolute Gasteiger partial charge is 0.121 e. The van der Waals surface area contributed by atoms with E-state index in [0.29, 0.717) is 28.9 Å². The number of pyridine rings is 1. The van der Waals surface area contributed by atoms with Crippen molar-refractivity contribution >= 4 is 23.2 Å². The SMILES string of the molecule is NCc1cc(COc2ccc(Cl)c(Cl)c2)ccn1. The van der Waals surface area contributed by atoms with Gasteiger partial charge in [0.2, 0.25) is 0 Å². The molecule has 1 aromatic heterocycles. The zero-order valence-electron chi connectivity index (χ0n) is 9.57. The summed E-state index contributed by atoms with van der Waals surface area (Å²) in [5, 5.41) is 0.991. The van der Waals surface area contributed by atoms with Crippen molar-refractivity contribution in [1.82, 2.24) is 4.98 Å². The van der Waals surface area contributed by atoms with Crippen molar-refractivity contribution in [3.63, 3.8) is 0 Å². The van der Waals surface area contributed by atoms with Gasteiger partial charge < -0.3 is 10.5 Å². The third-order valence-electron chi connectivity index (χ3n) is 2.39. The number of benzene rings is 1. The molecule has 0 bridgehead atoms. The van der Waals surface area contributed by atoms with Crippen LogP contribution in [0.1, 0.15) is 11.3 Å². The Morgan fingerprint density at radius 1 is 1.11 bits per heavy atom. The van der Waals surface area contributed by atoms with Crippen LogP contribution in [0.15, 0.2) is 36.5 Å². The van der Waals surface area contributed by atoms with Crippen molar-refractivity contribution in [1.29, 1.82) is 0 Å². The molecule has 0 unspecified atom stereocenters. The van der Waals surface area contributed by atoms with Crippen LogP contribution in [0.5, 0.6) is 5.75 Å². The fourth-order valence-electron chi connectivity index (χ4n) is 1.46. The summed E-state index contributed by atoms with van der Waals surface area (Å²) < 4.78 is 5.62. The highest BCUT2D eigenvalue weighted by Gasteiger charge is 2.01. The fourth-order valence-corrected chi connectivity index (χ4v) is 1.75. The summed E-state index contributed by atoms with van der Waals surface area (Å²) in [5.74, 6) is 0.676. The summed E-state index contributed by atoms with van der Waals surface area (Å²) in [4.78, 5) is 4.12. The predicted octanol–water partition coefficient (Wildman–Crippen LogP) is 3.43. The lowest BCUT2D eigenvalue weighted by atomic mass is 10.2. The number of nitrogens with zero attached hydrogens (tertiary/aromatic N) is 1. The molecule has 0 radical (unpaired) electrons. The Balaban J connectivity index is 2.04. The highest BCUT2D eigenvalue weighted by molar-refractivity contribution is 6.42. The first-order valence-corrected chi connectivity index (χ1v) is 6.16. The number of hydrogen-bond donors (Lipinski definition) is 1. The average Bonchev–Trinajstić information content (AvgIpc) is 2.40. The summed E-state index contributed by atoms with van der Waals surface area (Å²) in [6.07, 6.45) is 1.72. The van der Waals surface area contributed by atoms with Crippen molar-refractivity contribution in [3.8, 4) is 5.75 Å². The van der Waals surface area contributed by atoms with Crippen molar-refractivity contribution in [2.24, 2.45) is 5.73 Å². The number of aromatic nitrogens is 1. The van der Waals surface area contributed by atoms with E-state index in [1.54, 1.807) is 24.4 Å². The average molecular weight is 283 g/mol. The highest BCUT2D eigenvalue weighted by Crippen LogP contribution is 2.26. The largest absolute Gasteiger partial charge is 0.489 e. The van der Waals surface area contributed by atoms with E-state index in [1.165, 1.54) is 0 Å². The molecular formula is C13H12Cl2N2O. The van der Waals surface area contributed by atoms with Crippen molar-refractivity contribution in [2.45, 2.75) is 13.2 Å². The van der Waals surface area contributed by atoms with Gasteiger partial charge in [0.25, 0.3) is 0 Å². The minimum Gasteiger partial charge on any atom is -0.489 e. The van der Waals surface area contributed by atoms with E-state index in [2.05, 4.69) is 4.98 Å². The van der Waals surface area contributed by atoms with Gasteiger partial charge in [-0.1, -0.05) is 23.2 Å². The molecule has 0 spiro atoms. The van der Waals surface area contributed by atoms with Crippen LogP contribution in [-0.2, 0) is 13.2 Å². The van der Waals surface area contributed by atoms with Crippen LogP contribution in [0.4, 0.5) is 0 Å². The molecule has 18 heavy (non-hydrogen) atoms. The molecule has 0 amide bonds. The van der Waals surface area contributed by atoms with Gasteiger partial charge in [-0.25, -0.2) is 0 Å². The molecule has 0 aliphatic rings. The van der Waals surface area contributed by atoms with Gasteiger partial charge in [-0.2, -0.15) is 0 Å². The van der Waals surface area contributed by atoms with Crippen LogP contribution in [0, 0.1) is 0 Å². The Morgan fingerprint density at radius 2 is 1.94 bits per heavy atom. The normalized spacial score (nSPS) is 10.4. The van der Waals surface area contributed by atoms with Crippen LogP contribution < -0.4 is 10.5 Å². The molecule has 0 atom stereocenters. The van der Waals surface area contributed by atoms with Crippen LogP contribution in [-0.4, -0.2) is 4.98 Å². The summed E-state index contributed by atoms with van der Waals surface area (Å²) in [6.45, 7) is 0.855. The zero-order chi connectivity index (χ0) is 13.0. The quantitative estimate of drug-likeness (QED) is 0.935. The van der Waals surface area contributed by atoms with Crippen molar-refractivity contribution in [2.75, 3.05) is 0 Å². The first kappa shape index (κ1) is 13.1. The van der Waals surface area contributed by atoms with Crippen molar-refractivity contribution in [3.05, 3.63) is 57.8 Å². The first-order chi connectivity index (χ1) is 8.69. The molecule has 2 N–H and O–H groups in total.